The molecule has 3 rings (SSSR count). The third-order valence-electron chi connectivity index (χ3n) is 3.52. The minimum absolute atomic E-state index is 0.198. The summed E-state index contributed by atoms with van der Waals surface area (Å²) < 4.78 is 48.4. The summed E-state index contributed by atoms with van der Waals surface area (Å²) in [5.74, 6) is -0.349. The molecule has 0 unspecified atom stereocenters. The van der Waals surface area contributed by atoms with E-state index in [1.165, 1.54) is 12.1 Å². The van der Waals surface area contributed by atoms with Gasteiger partial charge in [-0.25, -0.2) is 0 Å². The molecule has 1 aliphatic heterocycles. The summed E-state index contributed by atoms with van der Waals surface area (Å²) in [6, 6.07) is 10.9. The average Bonchev–Trinajstić information content (AvgIpc) is 3.08. The normalized spacial score (nSPS) is 15.8. The molecule has 3 nitrogen and oxygen atoms in total. The number of alkyl halides is 3. The molecule has 23 heavy (non-hydrogen) atoms. The van der Waals surface area contributed by atoms with Crippen LogP contribution in [0.5, 0.6) is 0 Å². The Hall–Kier alpha value is -2.18. The van der Waals surface area contributed by atoms with E-state index in [1.807, 2.05) is 0 Å². The van der Waals surface area contributed by atoms with Crippen molar-refractivity contribution in [3.8, 4) is 0 Å². The van der Waals surface area contributed by atoms with Crippen LogP contribution in [0.3, 0.4) is 0 Å². The molecular weight excluding hydrogens is 309 g/mol. The van der Waals surface area contributed by atoms with Crippen LogP contribution < -0.4 is 0 Å². The number of ether oxygens (including phenoxy) is 2. The van der Waals surface area contributed by atoms with Gasteiger partial charge in [-0.15, -0.1) is 0 Å². The zero-order valence-electron chi connectivity index (χ0n) is 12.0. The van der Waals surface area contributed by atoms with Crippen LogP contribution in [0.4, 0.5) is 13.2 Å². The van der Waals surface area contributed by atoms with E-state index in [-0.39, 0.29) is 11.3 Å². The molecule has 120 valence electrons. The Balaban J connectivity index is 1.84. The molecule has 2 aromatic carbocycles. The maximum absolute atomic E-state index is 12.6. The number of carbonyl (C=O) groups excluding carboxylic acids is 1. The van der Waals surface area contributed by atoms with Crippen molar-refractivity contribution in [3.05, 3.63) is 70.8 Å². The Morgan fingerprint density at radius 1 is 0.957 bits per heavy atom. The van der Waals surface area contributed by atoms with Crippen molar-refractivity contribution in [3.63, 3.8) is 0 Å². The van der Waals surface area contributed by atoms with Gasteiger partial charge in [-0.2, -0.15) is 13.2 Å². The molecule has 0 atom stereocenters. The molecule has 1 fully saturated rings. The van der Waals surface area contributed by atoms with Gasteiger partial charge in [0, 0.05) is 16.7 Å². The van der Waals surface area contributed by atoms with Crippen molar-refractivity contribution in [1.82, 2.24) is 0 Å². The first-order valence-electron chi connectivity index (χ1n) is 7.00. The molecule has 6 heteroatoms. The zero-order chi connectivity index (χ0) is 16.4. The average molecular weight is 322 g/mol. The van der Waals surface area contributed by atoms with E-state index >= 15 is 0 Å². The highest BCUT2D eigenvalue weighted by Gasteiger charge is 2.30. The molecule has 0 N–H and O–H groups in total. The second kappa shape index (κ2) is 6.14. The van der Waals surface area contributed by atoms with Gasteiger partial charge in [-0.3, -0.25) is 4.79 Å². The van der Waals surface area contributed by atoms with Crippen molar-refractivity contribution in [1.29, 1.82) is 0 Å². The monoisotopic (exact) mass is 322 g/mol. The van der Waals surface area contributed by atoms with Crippen molar-refractivity contribution in [2.45, 2.75) is 12.5 Å². The molecular formula is C17H13F3O3. The van der Waals surface area contributed by atoms with Gasteiger partial charge in [-0.1, -0.05) is 30.3 Å². The Morgan fingerprint density at radius 2 is 1.61 bits per heavy atom. The van der Waals surface area contributed by atoms with Gasteiger partial charge < -0.3 is 9.47 Å². The molecule has 2 aromatic rings. The minimum Gasteiger partial charge on any atom is -0.346 e. The standard InChI is InChI=1S/C17H13F3O3/c18-17(19,20)14-6-4-11(5-7-14)15(21)12-2-1-3-13(10-12)16-22-8-9-23-16/h1-7,10,16H,8-9H2. The zero-order valence-corrected chi connectivity index (χ0v) is 12.0. The van der Waals surface area contributed by atoms with Gasteiger partial charge in [0.05, 0.1) is 18.8 Å². The maximum atomic E-state index is 12.6. The fourth-order valence-corrected chi connectivity index (χ4v) is 2.35. The molecule has 1 aliphatic rings. The summed E-state index contributed by atoms with van der Waals surface area (Å²) in [5.41, 5.74) is 0.501. The first-order chi connectivity index (χ1) is 10.9. The smallest absolute Gasteiger partial charge is 0.346 e. The lowest BCUT2D eigenvalue weighted by Crippen LogP contribution is -2.07. The van der Waals surface area contributed by atoms with Gasteiger partial charge in [0.25, 0.3) is 0 Å². The van der Waals surface area contributed by atoms with E-state index in [4.69, 9.17) is 9.47 Å². The summed E-state index contributed by atoms with van der Waals surface area (Å²) in [7, 11) is 0. The summed E-state index contributed by atoms with van der Waals surface area (Å²) >= 11 is 0. The number of ketones is 1. The molecule has 0 aromatic heterocycles. The van der Waals surface area contributed by atoms with E-state index in [0.29, 0.717) is 24.3 Å². The summed E-state index contributed by atoms with van der Waals surface area (Å²) in [6.07, 6.45) is -4.92. The van der Waals surface area contributed by atoms with Crippen LogP contribution in [0.15, 0.2) is 48.5 Å². The van der Waals surface area contributed by atoms with E-state index in [1.54, 1.807) is 24.3 Å². The number of hydrogen-bond acceptors (Lipinski definition) is 3. The quantitative estimate of drug-likeness (QED) is 0.802. The lowest BCUT2D eigenvalue weighted by Gasteiger charge is -2.11. The van der Waals surface area contributed by atoms with Crippen LogP contribution in [-0.2, 0) is 15.7 Å². The van der Waals surface area contributed by atoms with E-state index in [9.17, 15) is 18.0 Å². The van der Waals surface area contributed by atoms with Crippen LogP contribution in [0.2, 0.25) is 0 Å². The number of hydrogen-bond donors (Lipinski definition) is 0. The van der Waals surface area contributed by atoms with Crippen LogP contribution in [-0.4, -0.2) is 19.0 Å². The second-order valence-corrected chi connectivity index (χ2v) is 5.10. The fraction of sp³-hybridized carbons (Fsp3) is 0.235. The van der Waals surface area contributed by atoms with Crippen LogP contribution in [0, 0.1) is 0 Å². The highest BCUT2D eigenvalue weighted by Crippen LogP contribution is 2.29. The summed E-state index contributed by atoms with van der Waals surface area (Å²) in [5, 5.41) is 0. The molecule has 0 radical (unpaired) electrons. The first kappa shape index (κ1) is 15.7. The molecule has 0 bridgehead atoms. The third-order valence-corrected chi connectivity index (χ3v) is 3.52. The highest BCUT2D eigenvalue weighted by atomic mass is 19.4. The molecule has 0 saturated carbocycles. The lowest BCUT2D eigenvalue weighted by molar-refractivity contribution is -0.137. The molecule has 1 saturated heterocycles. The maximum Gasteiger partial charge on any atom is 0.416 e. The van der Waals surface area contributed by atoms with Crippen LogP contribution >= 0.6 is 0 Å². The Labute approximate surface area is 130 Å². The van der Waals surface area contributed by atoms with Gasteiger partial charge in [-0.05, 0) is 18.2 Å². The van der Waals surface area contributed by atoms with Gasteiger partial charge >= 0.3 is 6.18 Å². The number of benzene rings is 2. The predicted octanol–water partition coefficient (Wildman–Crippen LogP) is 3.98. The molecule has 0 aliphatic carbocycles. The van der Waals surface area contributed by atoms with E-state index in [0.717, 1.165) is 12.1 Å². The van der Waals surface area contributed by atoms with E-state index < -0.39 is 18.0 Å². The third kappa shape index (κ3) is 3.43. The van der Waals surface area contributed by atoms with Crippen molar-refractivity contribution < 1.29 is 27.4 Å². The first-order valence-corrected chi connectivity index (χ1v) is 7.00. The second-order valence-electron chi connectivity index (χ2n) is 5.10. The summed E-state index contributed by atoms with van der Waals surface area (Å²) in [4.78, 5) is 12.4. The van der Waals surface area contributed by atoms with Crippen LogP contribution in [0.25, 0.3) is 0 Å². The number of rotatable bonds is 3. The van der Waals surface area contributed by atoms with Crippen molar-refractivity contribution in [2.24, 2.45) is 0 Å². The number of halogens is 3. The number of carbonyl (C=O) groups is 1. The topological polar surface area (TPSA) is 35.5 Å². The predicted molar refractivity (Wildman–Crippen MR) is 76.0 cm³/mol. The molecule has 0 amide bonds. The van der Waals surface area contributed by atoms with Gasteiger partial charge in [0.15, 0.2) is 12.1 Å². The van der Waals surface area contributed by atoms with Crippen molar-refractivity contribution >= 4 is 5.78 Å². The van der Waals surface area contributed by atoms with Crippen LogP contribution in [0.1, 0.15) is 33.3 Å². The minimum atomic E-state index is -4.42. The van der Waals surface area contributed by atoms with E-state index in [2.05, 4.69) is 0 Å². The molecule has 1 heterocycles. The Kier molecular flexibility index (Phi) is 4.19. The van der Waals surface area contributed by atoms with Crippen molar-refractivity contribution in [2.75, 3.05) is 13.2 Å². The largest absolute Gasteiger partial charge is 0.416 e. The summed E-state index contributed by atoms with van der Waals surface area (Å²) in [6.45, 7) is 0.976. The SMILES string of the molecule is O=C(c1ccc(C(F)(F)F)cc1)c1cccc(C2OCCO2)c1. The molecule has 0 spiro atoms. The Bertz CT molecular complexity index is 702. The lowest BCUT2D eigenvalue weighted by atomic mass is 10.00. The van der Waals surface area contributed by atoms with Gasteiger partial charge in [0.2, 0.25) is 0 Å². The highest BCUT2D eigenvalue weighted by molar-refractivity contribution is 6.09. The Morgan fingerprint density at radius 3 is 2.22 bits per heavy atom. The van der Waals surface area contributed by atoms with Gasteiger partial charge in [0.1, 0.15) is 0 Å². The fourth-order valence-electron chi connectivity index (χ4n) is 2.35.